The lowest BCUT2D eigenvalue weighted by atomic mass is 9.83. The molecule has 1 fully saturated rings. The monoisotopic (exact) mass is 372 g/mol. The summed E-state index contributed by atoms with van der Waals surface area (Å²) in [5.41, 5.74) is 5.37. The van der Waals surface area contributed by atoms with Gasteiger partial charge in [0.2, 0.25) is 0 Å². The van der Waals surface area contributed by atoms with Gasteiger partial charge in [-0.05, 0) is 82.1 Å². The first-order valence-corrected chi connectivity index (χ1v) is 10.7. The molecule has 142 valence electrons. The Morgan fingerprint density at radius 3 is 2.85 bits per heavy atom. The number of nitrogens with zero attached hydrogens (tertiary/aromatic N) is 2. The van der Waals surface area contributed by atoms with E-state index >= 15 is 0 Å². The van der Waals surface area contributed by atoms with Crippen LogP contribution in [0, 0.1) is 26.2 Å². The minimum Gasteiger partial charge on any atom is -0.381 e. The second kappa shape index (κ2) is 8.64. The molecule has 1 atom stereocenters. The van der Waals surface area contributed by atoms with Gasteiger partial charge in [-0.25, -0.2) is 0 Å². The van der Waals surface area contributed by atoms with Crippen LogP contribution in [0.25, 0.3) is 0 Å². The number of rotatable bonds is 8. The SMILES string of the molecule is CCOC[C@]1(CCc2cccs2)CCN(Cc2c(C)cc(C)nc2C)C1. The van der Waals surface area contributed by atoms with Gasteiger partial charge in [-0.1, -0.05) is 6.07 Å². The average Bonchev–Trinajstić information content (AvgIpc) is 3.25. The molecule has 0 saturated carbocycles. The van der Waals surface area contributed by atoms with Crippen LogP contribution in [0.2, 0.25) is 0 Å². The summed E-state index contributed by atoms with van der Waals surface area (Å²) in [6, 6.07) is 6.63. The van der Waals surface area contributed by atoms with Crippen molar-refractivity contribution in [2.24, 2.45) is 5.41 Å². The average molecular weight is 373 g/mol. The maximum atomic E-state index is 5.92. The number of likely N-dealkylation sites (tertiary alicyclic amines) is 1. The van der Waals surface area contributed by atoms with Crippen LogP contribution in [0.4, 0.5) is 0 Å². The van der Waals surface area contributed by atoms with Gasteiger partial charge in [0.15, 0.2) is 0 Å². The van der Waals surface area contributed by atoms with E-state index in [0.29, 0.717) is 5.41 Å². The summed E-state index contributed by atoms with van der Waals surface area (Å²) in [5, 5.41) is 2.18. The quantitative estimate of drug-likeness (QED) is 0.657. The van der Waals surface area contributed by atoms with E-state index in [0.717, 1.165) is 38.5 Å². The fourth-order valence-corrected chi connectivity index (χ4v) is 4.94. The Labute approximate surface area is 162 Å². The normalized spacial score (nSPS) is 20.8. The molecule has 0 aromatic carbocycles. The van der Waals surface area contributed by atoms with Crippen LogP contribution in [0.1, 0.15) is 47.2 Å². The van der Waals surface area contributed by atoms with E-state index in [1.54, 1.807) is 0 Å². The molecule has 1 aliphatic rings. The highest BCUT2D eigenvalue weighted by atomic mass is 32.1. The molecule has 0 radical (unpaired) electrons. The van der Waals surface area contributed by atoms with Crippen LogP contribution in [0.15, 0.2) is 23.6 Å². The van der Waals surface area contributed by atoms with Crippen molar-refractivity contribution in [1.82, 2.24) is 9.88 Å². The molecule has 3 heterocycles. The van der Waals surface area contributed by atoms with Crippen molar-refractivity contribution in [2.45, 2.75) is 53.5 Å². The number of thiophene rings is 1. The lowest BCUT2D eigenvalue weighted by molar-refractivity contribution is 0.0490. The van der Waals surface area contributed by atoms with Crippen LogP contribution < -0.4 is 0 Å². The van der Waals surface area contributed by atoms with Crippen LogP contribution in [0.3, 0.4) is 0 Å². The topological polar surface area (TPSA) is 25.4 Å². The van der Waals surface area contributed by atoms with E-state index in [4.69, 9.17) is 4.74 Å². The standard InChI is InChI=1S/C22H32N2OS/c1-5-25-16-22(9-8-20-7-6-12-26-20)10-11-24(15-22)14-21-17(2)13-18(3)23-19(21)4/h6-7,12-13H,5,8-11,14-16H2,1-4H3/t22-/m1/s1. The highest BCUT2D eigenvalue weighted by Gasteiger charge is 2.38. The lowest BCUT2D eigenvalue weighted by Gasteiger charge is -2.29. The van der Waals surface area contributed by atoms with Crippen molar-refractivity contribution < 1.29 is 4.74 Å². The Balaban J connectivity index is 1.68. The van der Waals surface area contributed by atoms with Gasteiger partial charge < -0.3 is 4.74 Å². The molecule has 0 bridgehead atoms. The molecule has 0 N–H and O–H groups in total. The summed E-state index contributed by atoms with van der Waals surface area (Å²) in [6.45, 7) is 13.5. The molecule has 0 aliphatic carbocycles. The zero-order chi connectivity index (χ0) is 18.6. The highest BCUT2D eigenvalue weighted by molar-refractivity contribution is 7.09. The fraction of sp³-hybridized carbons (Fsp3) is 0.591. The Kier molecular flexibility index (Phi) is 6.49. The lowest BCUT2D eigenvalue weighted by Crippen LogP contribution is -2.32. The van der Waals surface area contributed by atoms with Crippen LogP contribution in [0.5, 0.6) is 0 Å². The third-order valence-electron chi connectivity index (χ3n) is 5.68. The molecule has 1 saturated heterocycles. The van der Waals surface area contributed by atoms with Crippen LogP contribution in [-0.2, 0) is 17.7 Å². The van der Waals surface area contributed by atoms with E-state index in [9.17, 15) is 0 Å². The highest BCUT2D eigenvalue weighted by Crippen LogP contribution is 2.37. The van der Waals surface area contributed by atoms with E-state index in [2.05, 4.69) is 61.2 Å². The van der Waals surface area contributed by atoms with Gasteiger partial charge in [0.1, 0.15) is 0 Å². The van der Waals surface area contributed by atoms with Gasteiger partial charge in [-0.2, -0.15) is 0 Å². The maximum Gasteiger partial charge on any atom is 0.0535 e. The zero-order valence-electron chi connectivity index (χ0n) is 16.7. The Hall–Kier alpha value is -1.23. The summed E-state index contributed by atoms with van der Waals surface area (Å²) >= 11 is 1.87. The van der Waals surface area contributed by atoms with Crippen molar-refractivity contribution in [3.63, 3.8) is 0 Å². The van der Waals surface area contributed by atoms with Crippen LogP contribution in [-0.4, -0.2) is 36.2 Å². The first-order chi connectivity index (χ1) is 12.5. The number of pyridine rings is 1. The predicted molar refractivity (Wildman–Crippen MR) is 110 cm³/mol. The molecule has 26 heavy (non-hydrogen) atoms. The number of aromatic nitrogens is 1. The minimum absolute atomic E-state index is 0.292. The minimum atomic E-state index is 0.292. The summed E-state index contributed by atoms with van der Waals surface area (Å²) in [5.74, 6) is 0. The second-order valence-electron chi connectivity index (χ2n) is 7.82. The summed E-state index contributed by atoms with van der Waals surface area (Å²) in [6.07, 6.45) is 3.62. The van der Waals surface area contributed by atoms with Gasteiger partial charge in [0.25, 0.3) is 0 Å². The van der Waals surface area contributed by atoms with E-state index in [1.807, 2.05) is 11.3 Å². The third kappa shape index (κ3) is 4.73. The van der Waals surface area contributed by atoms with Crippen molar-refractivity contribution in [2.75, 3.05) is 26.3 Å². The smallest absolute Gasteiger partial charge is 0.0535 e. The van der Waals surface area contributed by atoms with E-state index < -0.39 is 0 Å². The molecular formula is C22H32N2OS. The van der Waals surface area contributed by atoms with Gasteiger partial charge in [-0.3, -0.25) is 9.88 Å². The Morgan fingerprint density at radius 1 is 1.31 bits per heavy atom. The predicted octanol–water partition coefficient (Wildman–Crippen LogP) is 4.93. The molecule has 2 aromatic heterocycles. The Morgan fingerprint density at radius 2 is 2.15 bits per heavy atom. The first kappa shape index (κ1) is 19.5. The molecule has 2 aromatic rings. The molecule has 4 heteroatoms. The molecular weight excluding hydrogens is 340 g/mol. The Bertz CT molecular complexity index is 690. The summed E-state index contributed by atoms with van der Waals surface area (Å²) < 4.78 is 5.92. The van der Waals surface area contributed by atoms with E-state index in [1.165, 1.54) is 41.0 Å². The van der Waals surface area contributed by atoms with Gasteiger partial charge in [0, 0.05) is 41.4 Å². The van der Waals surface area contributed by atoms with Crippen molar-refractivity contribution in [1.29, 1.82) is 0 Å². The molecule has 0 spiro atoms. The second-order valence-corrected chi connectivity index (χ2v) is 8.85. The maximum absolute atomic E-state index is 5.92. The molecule has 0 unspecified atom stereocenters. The number of ether oxygens (including phenoxy) is 1. The summed E-state index contributed by atoms with van der Waals surface area (Å²) in [4.78, 5) is 8.79. The molecule has 3 nitrogen and oxygen atoms in total. The van der Waals surface area contributed by atoms with Crippen molar-refractivity contribution in [3.05, 3.63) is 51.0 Å². The molecule has 3 rings (SSSR count). The number of hydrogen-bond acceptors (Lipinski definition) is 4. The zero-order valence-corrected chi connectivity index (χ0v) is 17.5. The van der Waals surface area contributed by atoms with Crippen LogP contribution >= 0.6 is 11.3 Å². The van der Waals surface area contributed by atoms with E-state index in [-0.39, 0.29) is 0 Å². The number of aryl methyl sites for hydroxylation is 4. The fourth-order valence-electron chi connectivity index (χ4n) is 4.23. The third-order valence-corrected chi connectivity index (χ3v) is 6.61. The van der Waals surface area contributed by atoms with Gasteiger partial charge >= 0.3 is 0 Å². The molecule has 1 aliphatic heterocycles. The number of hydrogen-bond donors (Lipinski definition) is 0. The largest absolute Gasteiger partial charge is 0.381 e. The van der Waals surface area contributed by atoms with Crippen molar-refractivity contribution >= 4 is 11.3 Å². The molecule has 0 amide bonds. The van der Waals surface area contributed by atoms with Crippen molar-refractivity contribution in [3.8, 4) is 0 Å². The van der Waals surface area contributed by atoms with Gasteiger partial charge in [-0.15, -0.1) is 11.3 Å². The first-order valence-electron chi connectivity index (χ1n) is 9.77. The summed E-state index contributed by atoms with van der Waals surface area (Å²) in [7, 11) is 0. The van der Waals surface area contributed by atoms with Gasteiger partial charge in [0.05, 0.1) is 6.61 Å².